The normalized spacial score (nSPS) is 23.8. The van der Waals surface area contributed by atoms with Crippen LogP contribution in [0.2, 0.25) is 0 Å². The molecule has 0 aromatic carbocycles. The monoisotopic (exact) mass is 363 g/mol. The molecule has 132 valence electrons. The lowest BCUT2D eigenvalue weighted by Gasteiger charge is -2.16. The summed E-state index contributed by atoms with van der Waals surface area (Å²) in [5.41, 5.74) is -1.06. The van der Waals surface area contributed by atoms with E-state index >= 15 is 0 Å². The minimum absolute atomic E-state index is 0.0599. The van der Waals surface area contributed by atoms with Crippen molar-refractivity contribution in [3.63, 3.8) is 0 Å². The molecule has 11 heteroatoms. The number of aryl methyl sites for hydroxylation is 1. The SMILES string of the molecule is C#CCOC[C@H]1O[C@@H](n2cc(C)c(=O)[nH]c2=O)C[C@H]1N=S(=O)(F)F. The van der Waals surface area contributed by atoms with Crippen LogP contribution in [0.25, 0.3) is 0 Å². The third kappa shape index (κ3) is 4.50. The second-order valence-corrected chi connectivity index (χ2v) is 6.14. The molecule has 0 radical (unpaired) electrons. The van der Waals surface area contributed by atoms with Gasteiger partial charge in [-0.15, -0.1) is 6.42 Å². The van der Waals surface area contributed by atoms with Crippen LogP contribution in [-0.2, 0) is 20.0 Å². The van der Waals surface area contributed by atoms with Crippen molar-refractivity contribution in [3.8, 4) is 12.3 Å². The van der Waals surface area contributed by atoms with E-state index in [1.165, 1.54) is 13.1 Å². The molecule has 1 aliphatic heterocycles. The minimum atomic E-state index is -5.35. The van der Waals surface area contributed by atoms with E-state index in [1.807, 2.05) is 0 Å². The highest BCUT2D eigenvalue weighted by Gasteiger charge is 2.38. The van der Waals surface area contributed by atoms with Gasteiger partial charge in [-0.3, -0.25) is 14.3 Å². The van der Waals surface area contributed by atoms with Gasteiger partial charge in [0.05, 0.1) is 12.6 Å². The summed E-state index contributed by atoms with van der Waals surface area (Å²) in [6.07, 6.45) is 4.26. The van der Waals surface area contributed by atoms with Crippen LogP contribution in [0.5, 0.6) is 0 Å². The van der Waals surface area contributed by atoms with Gasteiger partial charge in [-0.05, 0) is 6.92 Å². The van der Waals surface area contributed by atoms with Crippen molar-refractivity contribution < 1.29 is 21.5 Å². The zero-order valence-electron chi connectivity index (χ0n) is 12.6. The van der Waals surface area contributed by atoms with Crippen LogP contribution in [0.15, 0.2) is 20.1 Å². The van der Waals surface area contributed by atoms with E-state index in [0.29, 0.717) is 0 Å². The molecule has 2 rings (SSSR count). The predicted molar refractivity (Wildman–Crippen MR) is 80.8 cm³/mol. The lowest BCUT2D eigenvalue weighted by atomic mass is 10.1. The molecule has 1 saturated heterocycles. The van der Waals surface area contributed by atoms with Crippen molar-refractivity contribution in [2.45, 2.75) is 31.7 Å². The highest BCUT2D eigenvalue weighted by molar-refractivity contribution is 7.83. The van der Waals surface area contributed by atoms with Gasteiger partial charge in [0, 0.05) is 18.2 Å². The summed E-state index contributed by atoms with van der Waals surface area (Å²) >= 11 is 0. The Hall–Kier alpha value is -2.03. The molecule has 1 fully saturated rings. The van der Waals surface area contributed by atoms with Crippen molar-refractivity contribution in [1.29, 1.82) is 0 Å². The molecule has 0 amide bonds. The van der Waals surface area contributed by atoms with Gasteiger partial charge in [-0.1, -0.05) is 13.7 Å². The van der Waals surface area contributed by atoms with Gasteiger partial charge in [-0.25, -0.2) is 4.79 Å². The molecule has 1 aliphatic rings. The maximum atomic E-state index is 12.8. The van der Waals surface area contributed by atoms with Gasteiger partial charge in [0.2, 0.25) is 0 Å². The molecule has 1 aromatic heterocycles. The van der Waals surface area contributed by atoms with E-state index in [9.17, 15) is 21.6 Å². The molecule has 2 heterocycles. The van der Waals surface area contributed by atoms with E-state index in [2.05, 4.69) is 15.3 Å². The van der Waals surface area contributed by atoms with Gasteiger partial charge in [-0.2, -0.15) is 8.57 Å². The lowest BCUT2D eigenvalue weighted by molar-refractivity contribution is -0.0404. The Morgan fingerprint density at radius 3 is 2.92 bits per heavy atom. The van der Waals surface area contributed by atoms with Crippen molar-refractivity contribution in [2.75, 3.05) is 13.2 Å². The quantitative estimate of drug-likeness (QED) is 0.463. The number of nitrogens with one attached hydrogen (secondary N) is 1. The molecule has 1 N–H and O–H groups in total. The van der Waals surface area contributed by atoms with Gasteiger partial charge in [0.15, 0.2) is 0 Å². The summed E-state index contributed by atoms with van der Waals surface area (Å²) in [4.78, 5) is 25.4. The fraction of sp³-hybridized carbons (Fsp3) is 0.538. The van der Waals surface area contributed by atoms with Crippen LogP contribution in [0.4, 0.5) is 7.77 Å². The van der Waals surface area contributed by atoms with E-state index < -0.39 is 40.1 Å². The minimum Gasteiger partial charge on any atom is -0.366 e. The van der Waals surface area contributed by atoms with E-state index in [-0.39, 0.29) is 25.2 Å². The van der Waals surface area contributed by atoms with E-state index in [4.69, 9.17) is 15.9 Å². The Morgan fingerprint density at radius 2 is 2.29 bits per heavy atom. The Morgan fingerprint density at radius 1 is 1.58 bits per heavy atom. The fourth-order valence-corrected chi connectivity index (χ4v) is 2.88. The Bertz CT molecular complexity index is 873. The molecule has 3 atom stereocenters. The third-order valence-corrected chi connectivity index (χ3v) is 3.90. The zero-order chi connectivity index (χ0) is 17.9. The number of aromatic nitrogens is 2. The number of rotatable bonds is 5. The van der Waals surface area contributed by atoms with Crippen molar-refractivity contribution >= 4 is 10.5 Å². The predicted octanol–water partition coefficient (Wildman–Crippen LogP) is 0.388. The Labute approximate surface area is 136 Å². The number of nitrogens with zero attached hydrogens (tertiary/aromatic N) is 2. The van der Waals surface area contributed by atoms with Crippen molar-refractivity contribution in [3.05, 3.63) is 32.6 Å². The maximum Gasteiger partial charge on any atom is 0.367 e. The Balaban J connectivity index is 2.30. The molecule has 24 heavy (non-hydrogen) atoms. The van der Waals surface area contributed by atoms with Crippen LogP contribution in [0.3, 0.4) is 0 Å². The summed E-state index contributed by atoms with van der Waals surface area (Å²) in [6, 6.07) is -1.14. The molecular weight excluding hydrogens is 348 g/mol. The molecule has 8 nitrogen and oxygen atoms in total. The number of H-pyrrole nitrogens is 1. The molecule has 0 unspecified atom stereocenters. The van der Waals surface area contributed by atoms with Crippen molar-refractivity contribution in [1.82, 2.24) is 9.55 Å². The molecule has 1 aromatic rings. The van der Waals surface area contributed by atoms with Crippen LogP contribution < -0.4 is 11.2 Å². The smallest absolute Gasteiger partial charge is 0.366 e. The second kappa shape index (κ2) is 7.25. The number of aromatic amines is 1. The van der Waals surface area contributed by atoms with Crippen LogP contribution >= 0.6 is 0 Å². The summed E-state index contributed by atoms with van der Waals surface area (Å²) in [5, 5.41) is 0. The number of ether oxygens (including phenoxy) is 2. The summed E-state index contributed by atoms with van der Waals surface area (Å²) in [5.74, 6) is 2.21. The first-order valence-electron chi connectivity index (χ1n) is 6.85. The van der Waals surface area contributed by atoms with Crippen LogP contribution in [-0.4, -0.2) is 39.1 Å². The van der Waals surface area contributed by atoms with Crippen LogP contribution in [0, 0.1) is 19.3 Å². The first-order valence-corrected chi connectivity index (χ1v) is 8.17. The molecule has 0 saturated carbocycles. The van der Waals surface area contributed by atoms with Crippen molar-refractivity contribution in [2.24, 2.45) is 4.36 Å². The third-order valence-electron chi connectivity index (χ3n) is 3.39. The molecular formula is C13H15F2N3O5S. The highest BCUT2D eigenvalue weighted by Crippen LogP contribution is 2.31. The zero-order valence-corrected chi connectivity index (χ0v) is 13.4. The topological polar surface area (TPSA) is 103 Å². The fourth-order valence-electron chi connectivity index (χ4n) is 2.34. The van der Waals surface area contributed by atoms with E-state index in [1.54, 1.807) is 0 Å². The maximum absolute atomic E-state index is 12.8. The average molecular weight is 363 g/mol. The van der Waals surface area contributed by atoms with Gasteiger partial charge >= 0.3 is 16.2 Å². The molecule has 0 bridgehead atoms. The number of halogens is 2. The number of hydrogen-bond acceptors (Lipinski definition) is 6. The summed E-state index contributed by atoms with van der Waals surface area (Å²) in [6.45, 7) is 1.27. The highest BCUT2D eigenvalue weighted by atomic mass is 32.3. The molecule has 0 aliphatic carbocycles. The summed E-state index contributed by atoms with van der Waals surface area (Å²) in [7, 11) is -5.35. The van der Waals surface area contributed by atoms with Gasteiger partial charge in [0.25, 0.3) is 5.56 Å². The lowest BCUT2D eigenvalue weighted by Crippen LogP contribution is -2.33. The van der Waals surface area contributed by atoms with Crippen LogP contribution in [0.1, 0.15) is 18.2 Å². The number of hydrogen-bond donors (Lipinski definition) is 1. The second-order valence-electron chi connectivity index (χ2n) is 5.13. The van der Waals surface area contributed by atoms with E-state index in [0.717, 1.165) is 4.57 Å². The average Bonchev–Trinajstić information content (AvgIpc) is 2.84. The Kier molecular flexibility index (Phi) is 5.53. The first kappa shape index (κ1) is 18.3. The number of terminal acetylenes is 1. The van der Waals surface area contributed by atoms with Gasteiger partial charge < -0.3 is 9.47 Å². The molecule has 0 spiro atoms. The summed E-state index contributed by atoms with van der Waals surface area (Å²) < 4.78 is 50.9. The standard InChI is InChI=1S/C13H15F2N3O5S/c1-3-4-22-7-10-9(17-24(14,15)21)5-11(23-10)18-6-8(2)12(19)16-13(18)20/h1,6,9-11H,4-5,7H2,2H3,(H,16,19,20)/t9-,10-,11-/m1/s1. The van der Waals surface area contributed by atoms with Gasteiger partial charge in [0.1, 0.15) is 18.9 Å². The first-order chi connectivity index (χ1) is 11.2. The largest absolute Gasteiger partial charge is 0.367 e.